The van der Waals surface area contributed by atoms with Crippen molar-refractivity contribution in [3.8, 4) is 5.75 Å². The van der Waals surface area contributed by atoms with Crippen LogP contribution in [-0.2, 0) is 17.7 Å². The average Bonchev–Trinajstić information content (AvgIpc) is 2.90. The van der Waals surface area contributed by atoms with Gasteiger partial charge in [-0.15, -0.1) is 11.3 Å². The maximum atomic E-state index is 12.3. The van der Waals surface area contributed by atoms with Gasteiger partial charge in [0.05, 0.1) is 23.9 Å². The summed E-state index contributed by atoms with van der Waals surface area (Å²) in [4.78, 5) is 26.6. The van der Waals surface area contributed by atoms with Gasteiger partial charge < -0.3 is 19.5 Å². The molecule has 1 aliphatic heterocycles. The first-order chi connectivity index (χ1) is 11.7. The van der Waals surface area contributed by atoms with Gasteiger partial charge in [-0.1, -0.05) is 0 Å². The van der Waals surface area contributed by atoms with E-state index >= 15 is 0 Å². The van der Waals surface area contributed by atoms with Gasteiger partial charge in [0.2, 0.25) is 0 Å². The average molecular weight is 363 g/mol. The van der Waals surface area contributed by atoms with Gasteiger partial charge >= 0.3 is 12.1 Å². The van der Waals surface area contributed by atoms with Crippen LogP contribution >= 0.6 is 11.3 Å². The normalized spacial score (nSPS) is 14.3. The van der Waals surface area contributed by atoms with E-state index < -0.39 is 11.6 Å². The summed E-state index contributed by atoms with van der Waals surface area (Å²) in [7, 11) is 1.57. The molecule has 0 saturated heterocycles. The Balaban J connectivity index is 2.01. The zero-order valence-electron chi connectivity index (χ0n) is 14.7. The molecule has 0 saturated carbocycles. The molecule has 0 fully saturated rings. The van der Waals surface area contributed by atoms with Gasteiger partial charge in [0.1, 0.15) is 11.4 Å². The quantitative estimate of drug-likeness (QED) is 0.876. The van der Waals surface area contributed by atoms with Crippen LogP contribution in [0.1, 0.15) is 41.6 Å². The van der Waals surface area contributed by atoms with Gasteiger partial charge in [-0.2, -0.15) is 0 Å². The van der Waals surface area contributed by atoms with Crippen LogP contribution in [0.4, 0.5) is 4.79 Å². The summed E-state index contributed by atoms with van der Waals surface area (Å²) in [6, 6.07) is 3.26. The van der Waals surface area contributed by atoms with Crippen LogP contribution in [0.25, 0.3) is 10.1 Å². The zero-order chi connectivity index (χ0) is 18.4. The van der Waals surface area contributed by atoms with E-state index in [1.54, 1.807) is 24.1 Å². The van der Waals surface area contributed by atoms with E-state index in [0.717, 1.165) is 20.5 Å². The predicted molar refractivity (Wildman–Crippen MR) is 95.7 cm³/mol. The number of hydrogen-bond donors (Lipinski definition) is 1. The van der Waals surface area contributed by atoms with Crippen molar-refractivity contribution in [1.29, 1.82) is 0 Å². The fourth-order valence-electron chi connectivity index (χ4n) is 3.00. The van der Waals surface area contributed by atoms with Gasteiger partial charge in [-0.25, -0.2) is 9.59 Å². The zero-order valence-corrected chi connectivity index (χ0v) is 15.5. The van der Waals surface area contributed by atoms with Gasteiger partial charge in [0.25, 0.3) is 0 Å². The fourth-order valence-corrected chi connectivity index (χ4v) is 4.38. The number of methoxy groups -OCH3 is 1. The second-order valence-electron chi connectivity index (χ2n) is 6.98. The lowest BCUT2D eigenvalue weighted by Gasteiger charge is -2.30. The summed E-state index contributed by atoms with van der Waals surface area (Å²) in [6.45, 7) is 6.44. The van der Waals surface area contributed by atoms with E-state index in [0.29, 0.717) is 25.3 Å². The van der Waals surface area contributed by atoms with Crippen LogP contribution in [0.3, 0.4) is 0 Å². The number of amides is 1. The van der Waals surface area contributed by atoms with E-state index in [2.05, 4.69) is 0 Å². The molecule has 2 heterocycles. The van der Waals surface area contributed by atoms with E-state index in [-0.39, 0.29) is 11.7 Å². The molecule has 1 amide bonds. The number of fused-ring (bicyclic) bond motifs is 3. The Morgan fingerprint density at radius 3 is 2.60 bits per heavy atom. The Hall–Kier alpha value is -2.28. The van der Waals surface area contributed by atoms with Crippen LogP contribution in [0.2, 0.25) is 0 Å². The van der Waals surface area contributed by atoms with E-state index in [4.69, 9.17) is 9.47 Å². The number of carboxylic acids is 1. The molecule has 25 heavy (non-hydrogen) atoms. The molecule has 7 heteroatoms. The molecule has 3 rings (SSSR count). The van der Waals surface area contributed by atoms with Crippen molar-refractivity contribution in [2.45, 2.75) is 39.3 Å². The molecule has 6 nitrogen and oxygen atoms in total. The van der Waals surface area contributed by atoms with Crippen LogP contribution in [-0.4, -0.2) is 41.3 Å². The molecule has 0 atom stereocenters. The van der Waals surface area contributed by atoms with Crippen LogP contribution in [0, 0.1) is 0 Å². The largest absolute Gasteiger partial charge is 0.495 e. The summed E-state index contributed by atoms with van der Waals surface area (Å²) in [6.07, 6.45) is 0.253. The minimum atomic E-state index is -0.956. The third-order valence-electron chi connectivity index (χ3n) is 4.05. The minimum absolute atomic E-state index is 0.277. The topological polar surface area (TPSA) is 76.1 Å². The van der Waals surface area contributed by atoms with E-state index in [1.165, 1.54) is 11.3 Å². The summed E-state index contributed by atoms with van der Waals surface area (Å²) in [5.74, 6) is -0.300. The third kappa shape index (κ3) is 3.28. The highest BCUT2D eigenvalue weighted by atomic mass is 32.1. The standard InChI is InChI=1S/C18H21NO5S/c1-18(2,3)24-17(22)19-8-7-10-13(9-19)25-15-12(23-4)6-5-11(14(10)15)16(20)21/h5-6H,7-9H2,1-4H3,(H,20,21). The molecule has 1 N–H and O–H groups in total. The number of benzene rings is 1. The Morgan fingerprint density at radius 1 is 1.28 bits per heavy atom. The predicted octanol–water partition coefficient (Wildman–Crippen LogP) is 3.90. The number of carbonyl (C=O) groups is 2. The van der Waals surface area contributed by atoms with Crippen LogP contribution in [0.15, 0.2) is 12.1 Å². The molecule has 0 aliphatic carbocycles. The molecule has 0 unspecified atom stereocenters. The molecule has 0 spiro atoms. The molecule has 1 aromatic heterocycles. The number of thiophene rings is 1. The summed E-state index contributed by atoms with van der Waals surface area (Å²) in [5.41, 5.74) is 0.729. The van der Waals surface area contributed by atoms with Crippen molar-refractivity contribution in [3.05, 3.63) is 28.1 Å². The lowest BCUT2D eigenvalue weighted by atomic mass is 9.99. The molecule has 1 aromatic carbocycles. The van der Waals surface area contributed by atoms with E-state index in [1.807, 2.05) is 20.8 Å². The van der Waals surface area contributed by atoms with Crippen molar-refractivity contribution in [2.24, 2.45) is 0 Å². The first-order valence-electron chi connectivity index (χ1n) is 8.03. The van der Waals surface area contributed by atoms with Gasteiger partial charge in [-0.05, 0) is 44.9 Å². The smallest absolute Gasteiger partial charge is 0.410 e. The van der Waals surface area contributed by atoms with Crippen molar-refractivity contribution in [2.75, 3.05) is 13.7 Å². The number of nitrogens with zero attached hydrogens (tertiary/aromatic N) is 1. The molecular weight excluding hydrogens is 342 g/mol. The van der Waals surface area contributed by atoms with Crippen LogP contribution < -0.4 is 4.74 Å². The molecule has 1 aliphatic rings. The molecule has 0 bridgehead atoms. The molecule has 0 radical (unpaired) electrons. The van der Waals surface area contributed by atoms with Crippen molar-refractivity contribution in [1.82, 2.24) is 4.90 Å². The summed E-state index contributed by atoms with van der Waals surface area (Å²) >= 11 is 1.48. The summed E-state index contributed by atoms with van der Waals surface area (Å²) in [5, 5.41) is 10.2. The van der Waals surface area contributed by atoms with Crippen LogP contribution in [0.5, 0.6) is 5.75 Å². The second kappa shape index (κ2) is 6.22. The van der Waals surface area contributed by atoms with Crippen molar-refractivity contribution in [3.63, 3.8) is 0 Å². The van der Waals surface area contributed by atoms with Gasteiger partial charge in [0.15, 0.2) is 0 Å². The monoisotopic (exact) mass is 363 g/mol. The Labute approximate surface area is 150 Å². The lowest BCUT2D eigenvalue weighted by molar-refractivity contribution is 0.0226. The van der Waals surface area contributed by atoms with E-state index in [9.17, 15) is 14.7 Å². The number of carbonyl (C=O) groups excluding carboxylic acids is 1. The highest BCUT2D eigenvalue weighted by Crippen LogP contribution is 2.42. The second-order valence-corrected chi connectivity index (χ2v) is 8.09. The van der Waals surface area contributed by atoms with Gasteiger partial charge in [0, 0.05) is 16.8 Å². The molecule has 134 valence electrons. The molecule has 2 aromatic rings. The Kier molecular flexibility index (Phi) is 4.36. The first kappa shape index (κ1) is 17.5. The number of ether oxygens (including phenoxy) is 2. The van der Waals surface area contributed by atoms with Crippen molar-refractivity contribution < 1.29 is 24.2 Å². The highest BCUT2D eigenvalue weighted by molar-refractivity contribution is 7.19. The maximum absolute atomic E-state index is 12.3. The number of hydrogen-bond acceptors (Lipinski definition) is 5. The minimum Gasteiger partial charge on any atom is -0.495 e. The number of aromatic carboxylic acids is 1. The maximum Gasteiger partial charge on any atom is 0.410 e. The summed E-state index contributed by atoms with van der Waals surface area (Å²) < 4.78 is 11.7. The third-order valence-corrected chi connectivity index (χ3v) is 5.28. The highest BCUT2D eigenvalue weighted by Gasteiger charge is 2.30. The SMILES string of the molecule is COc1ccc(C(=O)O)c2c3c(sc12)CN(C(=O)OC(C)(C)C)CC3. The Bertz CT molecular complexity index is 849. The fraction of sp³-hybridized carbons (Fsp3) is 0.444. The molecular formula is C18H21NO5S. The Morgan fingerprint density at radius 2 is 2.00 bits per heavy atom. The first-order valence-corrected chi connectivity index (χ1v) is 8.85. The lowest BCUT2D eigenvalue weighted by Crippen LogP contribution is -2.39. The van der Waals surface area contributed by atoms with Gasteiger partial charge in [-0.3, -0.25) is 0 Å². The number of carboxylic acid groups (broad SMARTS) is 1. The van der Waals surface area contributed by atoms with Crippen molar-refractivity contribution >= 4 is 33.5 Å². The number of rotatable bonds is 2.